The molecule has 3 heteroatoms. The van der Waals surface area contributed by atoms with Crippen LogP contribution in [-0.4, -0.2) is 9.97 Å². The second kappa shape index (κ2) is 6.88. The summed E-state index contributed by atoms with van der Waals surface area (Å²) in [5, 5.41) is 3.22. The molecular weight excluding hydrogens is 282 g/mol. The fourth-order valence-electron chi connectivity index (χ4n) is 2.24. The Kier molecular flexibility index (Phi) is 4.48. The zero-order valence-corrected chi connectivity index (χ0v) is 13.3. The van der Waals surface area contributed by atoms with Gasteiger partial charge in [0.2, 0.25) is 5.95 Å². The maximum absolute atomic E-state index is 4.53. The first kappa shape index (κ1) is 15.0. The molecule has 0 unspecified atom stereocenters. The molecule has 0 aliphatic heterocycles. The molecule has 0 amide bonds. The first-order chi connectivity index (χ1) is 11.2. The van der Waals surface area contributed by atoms with Crippen molar-refractivity contribution in [3.8, 4) is 0 Å². The summed E-state index contributed by atoms with van der Waals surface area (Å²) < 4.78 is 0. The highest BCUT2D eigenvalue weighted by Gasteiger charge is 1.99. The molecule has 2 aromatic carbocycles. The quantitative estimate of drug-likeness (QED) is 0.736. The molecule has 0 aliphatic rings. The van der Waals surface area contributed by atoms with Gasteiger partial charge in [0, 0.05) is 11.9 Å². The molecule has 3 nitrogen and oxygen atoms in total. The fourth-order valence-corrected chi connectivity index (χ4v) is 2.24. The van der Waals surface area contributed by atoms with E-state index in [1.165, 1.54) is 16.7 Å². The summed E-state index contributed by atoms with van der Waals surface area (Å²) in [4.78, 5) is 8.80. The molecule has 0 saturated carbocycles. The molecule has 1 N–H and O–H groups in total. The monoisotopic (exact) mass is 301 g/mol. The molecule has 114 valence electrons. The van der Waals surface area contributed by atoms with Gasteiger partial charge in [-0.2, -0.15) is 0 Å². The third kappa shape index (κ3) is 4.04. The van der Waals surface area contributed by atoms with Crippen LogP contribution < -0.4 is 5.32 Å². The van der Waals surface area contributed by atoms with Crippen LogP contribution in [0.15, 0.2) is 60.8 Å². The van der Waals surface area contributed by atoms with Crippen LogP contribution in [0.25, 0.3) is 12.2 Å². The van der Waals surface area contributed by atoms with E-state index >= 15 is 0 Å². The molecule has 0 bridgehead atoms. The number of benzene rings is 2. The number of hydrogen-bond acceptors (Lipinski definition) is 3. The van der Waals surface area contributed by atoms with Crippen LogP contribution in [0.2, 0.25) is 0 Å². The highest BCUT2D eigenvalue weighted by molar-refractivity contribution is 5.70. The van der Waals surface area contributed by atoms with Crippen LogP contribution in [0.1, 0.15) is 22.4 Å². The molecule has 0 spiro atoms. The average Bonchev–Trinajstić information content (AvgIpc) is 2.57. The highest BCUT2D eigenvalue weighted by Crippen LogP contribution is 2.15. The minimum atomic E-state index is 0.598. The summed E-state index contributed by atoms with van der Waals surface area (Å²) in [6.07, 6.45) is 5.85. The van der Waals surface area contributed by atoms with Crippen molar-refractivity contribution in [2.24, 2.45) is 0 Å². The smallest absolute Gasteiger partial charge is 0.227 e. The van der Waals surface area contributed by atoms with Gasteiger partial charge in [0.05, 0.1) is 5.69 Å². The van der Waals surface area contributed by atoms with Gasteiger partial charge in [-0.15, -0.1) is 0 Å². The zero-order chi connectivity index (χ0) is 16.1. The number of hydrogen-bond donors (Lipinski definition) is 1. The summed E-state index contributed by atoms with van der Waals surface area (Å²) in [7, 11) is 0. The van der Waals surface area contributed by atoms with Gasteiger partial charge in [-0.3, -0.25) is 0 Å². The summed E-state index contributed by atoms with van der Waals surface area (Å²) >= 11 is 0. The highest BCUT2D eigenvalue weighted by atomic mass is 15.1. The van der Waals surface area contributed by atoms with E-state index in [-0.39, 0.29) is 0 Å². The molecule has 1 heterocycles. The SMILES string of the molecule is Cc1ccc(Nc2nccc(/C=C/c3ccccc3C)n2)cc1. The van der Waals surface area contributed by atoms with E-state index in [2.05, 4.69) is 59.5 Å². The summed E-state index contributed by atoms with van der Waals surface area (Å²) in [6, 6.07) is 18.3. The summed E-state index contributed by atoms with van der Waals surface area (Å²) in [6.45, 7) is 4.17. The molecule has 0 saturated heterocycles. The van der Waals surface area contributed by atoms with Gasteiger partial charge in [0.25, 0.3) is 0 Å². The van der Waals surface area contributed by atoms with Gasteiger partial charge in [0.15, 0.2) is 0 Å². The number of nitrogens with one attached hydrogen (secondary N) is 1. The summed E-state index contributed by atoms with van der Waals surface area (Å²) in [5.74, 6) is 0.598. The van der Waals surface area contributed by atoms with E-state index in [1.54, 1.807) is 6.20 Å². The minimum absolute atomic E-state index is 0.598. The Morgan fingerprint density at radius 2 is 1.65 bits per heavy atom. The van der Waals surface area contributed by atoms with E-state index in [9.17, 15) is 0 Å². The van der Waals surface area contributed by atoms with Crippen LogP contribution in [0.4, 0.5) is 11.6 Å². The Hall–Kier alpha value is -2.94. The molecular formula is C20H19N3. The van der Waals surface area contributed by atoms with E-state index < -0.39 is 0 Å². The Labute approximate surface area is 136 Å². The van der Waals surface area contributed by atoms with Crippen LogP contribution in [0.5, 0.6) is 0 Å². The molecule has 3 aromatic rings. The summed E-state index contributed by atoms with van der Waals surface area (Å²) in [5.41, 5.74) is 5.52. The minimum Gasteiger partial charge on any atom is -0.324 e. The number of aryl methyl sites for hydroxylation is 2. The standard InChI is InChI=1S/C20H19N3/c1-15-7-10-18(11-8-15)22-20-21-14-13-19(23-20)12-9-17-6-4-3-5-16(17)2/h3-14H,1-2H3,(H,21,22,23)/b12-9+. The maximum atomic E-state index is 4.53. The van der Waals surface area contributed by atoms with Gasteiger partial charge in [0.1, 0.15) is 0 Å². The number of nitrogens with zero attached hydrogens (tertiary/aromatic N) is 2. The molecule has 0 aliphatic carbocycles. The lowest BCUT2D eigenvalue weighted by Gasteiger charge is -2.05. The molecule has 3 rings (SSSR count). The Morgan fingerprint density at radius 1 is 0.870 bits per heavy atom. The predicted octanol–water partition coefficient (Wildman–Crippen LogP) is 5.01. The van der Waals surface area contributed by atoms with Crippen molar-refractivity contribution < 1.29 is 0 Å². The van der Waals surface area contributed by atoms with Crippen LogP contribution >= 0.6 is 0 Å². The molecule has 1 aromatic heterocycles. The normalized spacial score (nSPS) is 10.9. The fraction of sp³-hybridized carbons (Fsp3) is 0.100. The molecule has 0 radical (unpaired) electrons. The van der Waals surface area contributed by atoms with Crippen molar-refractivity contribution in [3.63, 3.8) is 0 Å². The Bertz CT molecular complexity index is 820. The van der Waals surface area contributed by atoms with Crippen LogP contribution in [0, 0.1) is 13.8 Å². The second-order valence-electron chi connectivity index (χ2n) is 5.49. The second-order valence-corrected chi connectivity index (χ2v) is 5.49. The van der Waals surface area contributed by atoms with Crippen molar-refractivity contribution in [1.29, 1.82) is 0 Å². The maximum Gasteiger partial charge on any atom is 0.227 e. The van der Waals surface area contributed by atoms with Crippen molar-refractivity contribution in [3.05, 3.63) is 83.2 Å². The third-order valence-corrected chi connectivity index (χ3v) is 3.61. The molecule has 23 heavy (non-hydrogen) atoms. The van der Waals surface area contributed by atoms with Gasteiger partial charge < -0.3 is 5.32 Å². The van der Waals surface area contributed by atoms with Crippen molar-refractivity contribution in [2.75, 3.05) is 5.32 Å². The van der Waals surface area contributed by atoms with Gasteiger partial charge in [-0.05, 0) is 49.2 Å². The van der Waals surface area contributed by atoms with Crippen LogP contribution in [-0.2, 0) is 0 Å². The van der Waals surface area contributed by atoms with Gasteiger partial charge >= 0.3 is 0 Å². The molecule has 0 fully saturated rings. The lowest BCUT2D eigenvalue weighted by Crippen LogP contribution is -1.97. The largest absolute Gasteiger partial charge is 0.324 e. The van der Waals surface area contributed by atoms with Crippen molar-refractivity contribution in [1.82, 2.24) is 9.97 Å². The van der Waals surface area contributed by atoms with E-state index in [0.29, 0.717) is 5.95 Å². The van der Waals surface area contributed by atoms with Gasteiger partial charge in [-0.25, -0.2) is 9.97 Å². The lowest BCUT2D eigenvalue weighted by molar-refractivity contribution is 1.15. The predicted molar refractivity (Wildman–Crippen MR) is 96.6 cm³/mol. The number of rotatable bonds is 4. The van der Waals surface area contributed by atoms with E-state index in [0.717, 1.165) is 11.4 Å². The van der Waals surface area contributed by atoms with Gasteiger partial charge in [-0.1, -0.05) is 48.0 Å². The average molecular weight is 301 g/mol. The number of anilines is 2. The topological polar surface area (TPSA) is 37.8 Å². The molecule has 0 atom stereocenters. The Morgan fingerprint density at radius 3 is 2.43 bits per heavy atom. The first-order valence-electron chi connectivity index (χ1n) is 7.61. The van der Waals surface area contributed by atoms with Crippen molar-refractivity contribution >= 4 is 23.8 Å². The number of aromatic nitrogens is 2. The van der Waals surface area contributed by atoms with Crippen LogP contribution in [0.3, 0.4) is 0 Å². The van der Waals surface area contributed by atoms with Crippen molar-refractivity contribution in [2.45, 2.75) is 13.8 Å². The lowest BCUT2D eigenvalue weighted by atomic mass is 10.1. The Balaban J connectivity index is 1.77. The zero-order valence-electron chi connectivity index (χ0n) is 13.3. The first-order valence-corrected chi connectivity index (χ1v) is 7.61. The van der Waals surface area contributed by atoms with E-state index in [1.807, 2.05) is 36.4 Å². The third-order valence-electron chi connectivity index (χ3n) is 3.61. The van der Waals surface area contributed by atoms with E-state index in [4.69, 9.17) is 0 Å².